The Kier molecular flexibility index (Phi) is 27.4. The Morgan fingerprint density at radius 1 is 0.393 bits per heavy atom. The molecule has 0 aromatic carbocycles. The summed E-state index contributed by atoms with van der Waals surface area (Å²) in [7, 11) is 0. The molecule has 0 amide bonds. The standard InChI is InChI=1S/3C15H16N2O2.3ClH.Ru/c3*1-11-5-7-16-13(9-11)14-10-12(6-8-17-14)3-2-4-15(18)19;;;;/h3*5-10H,2-4H2,1H3,(H,18,19);3*1H;/q;;;;;;+3/p-3. The Labute approximate surface area is 388 Å². The molecule has 6 aromatic heterocycles. The van der Waals surface area contributed by atoms with Crippen molar-refractivity contribution in [3.63, 3.8) is 0 Å². The molecule has 1 radical (unpaired) electrons. The van der Waals surface area contributed by atoms with Gasteiger partial charge >= 0.3 is 37.4 Å². The Morgan fingerprint density at radius 3 is 0.820 bits per heavy atom. The maximum absolute atomic E-state index is 10.5. The minimum Gasteiger partial charge on any atom is -1.00 e. The smallest absolute Gasteiger partial charge is 1.00 e. The van der Waals surface area contributed by atoms with Crippen molar-refractivity contribution in [2.45, 2.75) is 78.6 Å². The van der Waals surface area contributed by atoms with Crippen molar-refractivity contribution in [1.29, 1.82) is 0 Å². The number of nitrogens with zero attached hydrogens (tertiary/aromatic N) is 6. The first-order valence-electron chi connectivity index (χ1n) is 18.7. The molecule has 61 heavy (non-hydrogen) atoms. The molecular weight excluding hydrogens is 928 g/mol. The van der Waals surface area contributed by atoms with Crippen molar-refractivity contribution >= 4 is 17.9 Å². The number of carbonyl (C=O) groups is 3. The number of carboxylic acid groups (broad SMARTS) is 3. The summed E-state index contributed by atoms with van der Waals surface area (Å²) in [5.41, 5.74) is 11.7. The molecule has 6 aromatic rings. The van der Waals surface area contributed by atoms with Crippen molar-refractivity contribution < 1.29 is 86.4 Å². The SMILES string of the molecule is Cc1ccnc(-c2cc(CCCC(=O)O)ccn2)c1.Cc1ccnc(-c2cc(CCCC(=O)O)ccn2)c1.Cc1ccnc(-c2cc(CCCC(=O)O)ccn2)c1.[Cl-].[Cl-].[Cl-].[Ru+3]. The number of hydrogen-bond acceptors (Lipinski definition) is 9. The van der Waals surface area contributed by atoms with E-state index in [9.17, 15) is 14.4 Å². The largest absolute Gasteiger partial charge is 3.00 e. The van der Waals surface area contributed by atoms with Crippen LogP contribution in [0.5, 0.6) is 0 Å². The van der Waals surface area contributed by atoms with Crippen molar-refractivity contribution in [3.8, 4) is 34.2 Å². The van der Waals surface area contributed by atoms with Crippen LogP contribution in [-0.2, 0) is 53.1 Å². The molecule has 0 spiro atoms. The number of carboxylic acids is 3. The van der Waals surface area contributed by atoms with Crippen LogP contribution in [0.1, 0.15) is 71.9 Å². The molecule has 6 heterocycles. The topological polar surface area (TPSA) is 189 Å². The summed E-state index contributed by atoms with van der Waals surface area (Å²) >= 11 is 0. The van der Waals surface area contributed by atoms with Gasteiger partial charge in [0.2, 0.25) is 0 Å². The van der Waals surface area contributed by atoms with Crippen LogP contribution in [0.3, 0.4) is 0 Å². The molecule has 323 valence electrons. The van der Waals surface area contributed by atoms with Gasteiger partial charge in [-0.25, -0.2) is 0 Å². The fourth-order valence-electron chi connectivity index (χ4n) is 5.67. The second-order valence-electron chi connectivity index (χ2n) is 13.5. The van der Waals surface area contributed by atoms with Crippen LogP contribution in [0, 0.1) is 20.8 Å². The third-order valence-electron chi connectivity index (χ3n) is 8.57. The number of rotatable bonds is 15. The van der Waals surface area contributed by atoms with Crippen molar-refractivity contribution in [2.75, 3.05) is 0 Å². The number of hydrogen-bond donors (Lipinski definition) is 3. The fourth-order valence-corrected chi connectivity index (χ4v) is 5.67. The van der Waals surface area contributed by atoms with Gasteiger partial charge in [0.05, 0.1) is 34.2 Å². The van der Waals surface area contributed by atoms with Gasteiger partial charge in [-0.1, -0.05) is 0 Å². The molecule has 0 aliphatic rings. The Bertz CT molecular complexity index is 2020. The van der Waals surface area contributed by atoms with Crippen LogP contribution >= 0.6 is 0 Å². The first kappa shape index (κ1) is 55.8. The van der Waals surface area contributed by atoms with Crippen LogP contribution in [0.2, 0.25) is 0 Å². The molecule has 0 fully saturated rings. The fraction of sp³-hybridized carbons (Fsp3) is 0.267. The summed E-state index contributed by atoms with van der Waals surface area (Å²) in [5.74, 6) is -2.26. The van der Waals surface area contributed by atoms with E-state index in [0.29, 0.717) is 19.3 Å². The Morgan fingerprint density at radius 2 is 0.607 bits per heavy atom. The quantitative estimate of drug-likeness (QED) is 0.113. The van der Waals surface area contributed by atoms with Gasteiger partial charge in [-0.3, -0.25) is 44.3 Å². The molecule has 12 nitrogen and oxygen atoms in total. The first-order valence-corrected chi connectivity index (χ1v) is 18.7. The molecular formula is C45H48Cl3N6O6Ru. The summed E-state index contributed by atoms with van der Waals surface area (Å²) in [6, 6.07) is 23.5. The summed E-state index contributed by atoms with van der Waals surface area (Å²) in [5, 5.41) is 25.9. The zero-order chi connectivity index (χ0) is 41.0. The number of aliphatic carboxylic acids is 3. The third kappa shape index (κ3) is 21.2. The summed E-state index contributed by atoms with van der Waals surface area (Å²) < 4.78 is 0. The summed E-state index contributed by atoms with van der Waals surface area (Å²) in [6.45, 7) is 6.05. The molecule has 16 heteroatoms. The van der Waals surface area contributed by atoms with E-state index >= 15 is 0 Å². The van der Waals surface area contributed by atoms with Gasteiger partial charge in [-0.05, 0) is 165 Å². The van der Waals surface area contributed by atoms with Gasteiger partial charge in [0.1, 0.15) is 0 Å². The van der Waals surface area contributed by atoms with Crippen LogP contribution in [-0.4, -0.2) is 63.1 Å². The molecule has 0 unspecified atom stereocenters. The van der Waals surface area contributed by atoms with E-state index in [4.69, 9.17) is 15.3 Å². The van der Waals surface area contributed by atoms with Gasteiger partial charge in [-0.2, -0.15) is 0 Å². The van der Waals surface area contributed by atoms with Crippen LogP contribution < -0.4 is 37.2 Å². The monoisotopic (exact) mass is 975 g/mol. The molecule has 0 atom stereocenters. The number of pyridine rings is 6. The minimum absolute atomic E-state index is 0. The zero-order valence-corrected chi connectivity index (χ0v) is 38.0. The molecule has 3 N–H and O–H groups in total. The van der Waals surface area contributed by atoms with Crippen molar-refractivity contribution in [3.05, 3.63) is 143 Å². The van der Waals surface area contributed by atoms with E-state index in [1.165, 1.54) is 0 Å². The molecule has 0 saturated carbocycles. The van der Waals surface area contributed by atoms with Crippen molar-refractivity contribution in [2.24, 2.45) is 0 Å². The normalized spacial score (nSPS) is 9.69. The van der Waals surface area contributed by atoms with E-state index in [0.717, 1.165) is 86.8 Å². The van der Waals surface area contributed by atoms with Crippen molar-refractivity contribution in [1.82, 2.24) is 29.9 Å². The maximum atomic E-state index is 10.5. The molecule has 0 bridgehead atoms. The second kappa shape index (κ2) is 29.9. The Hall–Kier alpha value is -5.20. The maximum Gasteiger partial charge on any atom is 3.00 e. The van der Waals surface area contributed by atoms with E-state index in [1.807, 2.05) is 93.6 Å². The van der Waals surface area contributed by atoms with E-state index in [1.54, 1.807) is 37.2 Å². The van der Waals surface area contributed by atoms with Crippen LogP contribution in [0.15, 0.2) is 110 Å². The predicted molar refractivity (Wildman–Crippen MR) is 218 cm³/mol. The third-order valence-corrected chi connectivity index (χ3v) is 8.57. The van der Waals surface area contributed by atoms with Gasteiger partial charge in [0, 0.05) is 56.4 Å². The average molecular weight is 976 g/mol. The zero-order valence-electron chi connectivity index (χ0n) is 34.0. The molecule has 0 aliphatic heterocycles. The summed E-state index contributed by atoms with van der Waals surface area (Å²) in [6.07, 6.45) is 15.3. The molecule has 6 rings (SSSR count). The predicted octanol–water partition coefficient (Wildman–Crippen LogP) is -0.413. The minimum atomic E-state index is -0.755. The van der Waals surface area contributed by atoms with Gasteiger partial charge in [0.25, 0.3) is 0 Å². The number of aromatic nitrogens is 6. The molecule has 0 saturated heterocycles. The van der Waals surface area contributed by atoms with Crippen LogP contribution in [0.4, 0.5) is 0 Å². The van der Waals surface area contributed by atoms with E-state index in [-0.39, 0.29) is 76.0 Å². The second-order valence-corrected chi connectivity index (χ2v) is 13.5. The van der Waals surface area contributed by atoms with E-state index in [2.05, 4.69) is 29.9 Å². The van der Waals surface area contributed by atoms with Gasteiger partial charge in [-0.15, -0.1) is 0 Å². The van der Waals surface area contributed by atoms with Gasteiger partial charge in [0.15, 0.2) is 0 Å². The number of halogens is 3. The van der Waals surface area contributed by atoms with Crippen LogP contribution in [0.25, 0.3) is 34.2 Å². The first-order chi connectivity index (χ1) is 27.4. The number of aryl methyl sites for hydroxylation is 6. The average Bonchev–Trinajstić information content (AvgIpc) is 3.18. The molecule has 0 aliphatic carbocycles. The summed E-state index contributed by atoms with van der Waals surface area (Å²) in [4.78, 5) is 57.3. The van der Waals surface area contributed by atoms with Gasteiger partial charge < -0.3 is 52.5 Å². The van der Waals surface area contributed by atoms with E-state index < -0.39 is 17.9 Å². The Balaban J connectivity index is 0.000000857.